The van der Waals surface area contributed by atoms with Crippen LogP contribution in [0.2, 0.25) is 10.0 Å². The summed E-state index contributed by atoms with van der Waals surface area (Å²) in [5.74, 6) is 0.872. The molecule has 0 unspecified atom stereocenters. The average Bonchev–Trinajstić information content (AvgIpc) is 2.80. The molecule has 156 valence electrons. The standard InChI is InChI=1S/C24H18Cl2N2O3/c1-30-21-11-10-14(12-22(21)31-2)20-13-16(15-6-3-4-8-18(15)27-20)24(29)28-19-9-5-7-17(25)23(19)26/h3-13H,1-2H3,(H,28,29). The van der Waals surface area contributed by atoms with E-state index in [9.17, 15) is 4.79 Å². The van der Waals surface area contributed by atoms with Crippen LogP contribution in [-0.4, -0.2) is 25.1 Å². The van der Waals surface area contributed by atoms with Gasteiger partial charge in [0, 0.05) is 10.9 Å². The Kier molecular flexibility index (Phi) is 5.98. The number of rotatable bonds is 5. The highest BCUT2D eigenvalue weighted by Gasteiger charge is 2.17. The lowest BCUT2D eigenvalue weighted by Gasteiger charge is -2.13. The van der Waals surface area contributed by atoms with Crippen LogP contribution in [0.1, 0.15) is 10.4 Å². The fraction of sp³-hybridized carbons (Fsp3) is 0.0833. The fourth-order valence-electron chi connectivity index (χ4n) is 3.30. The van der Waals surface area contributed by atoms with Crippen molar-refractivity contribution in [3.8, 4) is 22.8 Å². The molecule has 3 aromatic carbocycles. The quantitative estimate of drug-likeness (QED) is 0.376. The van der Waals surface area contributed by atoms with E-state index in [4.69, 9.17) is 37.7 Å². The highest BCUT2D eigenvalue weighted by Crippen LogP contribution is 2.34. The Morgan fingerprint density at radius 3 is 2.45 bits per heavy atom. The van der Waals surface area contributed by atoms with Gasteiger partial charge in [-0.1, -0.05) is 47.5 Å². The molecular weight excluding hydrogens is 435 g/mol. The Balaban J connectivity index is 1.82. The maximum Gasteiger partial charge on any atom is 0.256 e. The summed E-state index contributed by atoms with van der Waals surface area (Å²) in [7, 11) is 3.15. The zero-order valence-corrected chi connectivity index (χ0v) is 18.3. The second-order valence-electron chi connectivity index (χ2n) is 6.70. The van der Waals surface area contributed by atoms with Crippen LogP contribution in [0.4, 0.5) is 5.69 Å². The van der Waals surface area contributed by atoms with E-state index in [2.05, 4.69) is 5.32 Å². The summed E-state index contributed by atoms with van der Waals surface area (Å²) in [4.78, 5) is 17.9. The molecule has 0 spiro atoms. The second-order valence-corrected chi connectivity index (χ2v) is 7.48. The van der Waals surface area contributed by atoms with Crippen LogP contribution in [0.5, 0.6) is 11.5 Å². The largest absolute Gasteiger partial charge is 0.493 e. The highest BCUT2D eigenvalue weighted by atomic mass is 35.5. The highest BCUT2D eigenvalue weighted by molar-refractivity contribution is 6.44. The van der Waals surface area contributed by atoms with Crippen LogP contribution in [0.15, 0.2) is 66.7 Å². The molecule has 31 heavy (non-hydrogen) atoms. The van der Waals surface area contributed by atoms with Crippen molar-refractivity contribution in [3.05, 3.63) is 82.3 Å². The molecule has 1 N–H and O–H groups in total. The van der Waals surface area contributed by atoms with Gasteiger partial charge < -0.3 is 14.8 Å². The molecular formula is C24H18Cl2N2O3. The summed E-state index contributed by atoms with van der Waals surface area (Å²) in [6.07, 6.45) is 0. The zero-order chi connectivity index (χ0) is 22.0. The molecule has 0 aliphatic carbocycles. The monoisotopic (exact) mass is 452 g/mol. The van der Waals surface area contributed by atoms with Crippen molar-refractivity contribution < 1.29 is 14.3 Å². The number of amides is 1. The van der Waals surface area contributed by atoms with Crippen molar-refractivity contribution in [2.24, 2.45) is 0 Å². The number of carbonyl (C=O) groups excluding carboxylic acids is 1. The molecule has 1 aromatic heterocycles. The van der Waals surface area contributed by atoms with Gasteiger partial charge in [-0.3, -0.25) is 4.79 Å². The minimum Gasteiger partial charge on any atom is -0.493 e. The summed E-state index contributed by atoms with van der Waals surface area (Å²) < 4.78 is 10.7. The molecule has 0 saturated carbocycles. The number of fused-ring (bicyclic) bond motifs is 1. The van der Waals surface area contributed by atoms with Gasteiger partial charge in [0.2, 0.25) is 0 Å². The Labute approximate surface area is 189 Å². The Bertz CT molecular complexity index is 1290. The SMILES string of the molecule is COc1ccc(-c2cc(C(=O)Nc3cccc(Cl)c3Cl)c3ccccc3n2)cc1OC. The van der Waals surface area contributed by atoms with Gasteiger partial charge in [0.05, 0.1) is 46.7 Å². The molecule has 4 aromatic rings. The Morgan fingerprint density at radius 1 is 0.903 bits per heavy atom. The molecule has 0 radical (unpaired) electrons. The van der Waals surface area contributed by atoms with Crippen LogP contribution >= 0.6 is 23.2 Å². The molecule has 0 aliphatic heterocycles. The Morgan fingerprint density at radius 2 is 1.68 bits per heavy atom. The number of hydrogen-bond acceptors (Lipinski definition) is 4. The van der Waals surface area contributed by atoms with E-state index >= 15 is 0 Å². The number of nitrogens with zero attached hydrogens (tertiary/aromatic N) is 1. The molecule has 1 heterocycles. The summed E-state index contributed by atoms with van der Waals surface area (Å²) >= 11 is 12.3. The lowest BCUT2D eigenvalue weighted by Crippen LogP contribution is -2.13. The summed E-state index contributed by atoms with van der Waals surface area (Å²) in [6, 6.07) is 19.8. The predicted molar refractivity (Wildman–Crippen MR) is 125 cm³/mol. The molecule has 0 bridgehead atoms. The average molecular weight is 453 g/mol. The normalized spacial score (nSPS) is 10.7. The van der Waals surface area contributed by atoms with Crippen LogP contribution in [0.25, 0.3) is 22.2 Å². The van der Waals surface area contributed by atoms with Crippen molar-refractivity contribution in [3.63, 3.8) is 0 Å². The lowest BCUT2D eigenvalue weighted by atomic mass is 10.0. The predicted octanol–water partition coefficient (Wildman–Crippen LogP) is 6.48. The van der Waals surface area contributed by atoms with Crippen molar-refractivity contribution in [1.29, 1.82) is 0 Å². The van der Waals surface area contributed by atoms with E-state index in [1.54, 1.807) is 44.6 Å². The molecule has 5 nitrogen and oxygen atoms in total. The number of para-hydroxylation sites is 1. The number of hydrogen-bond donors (Lipinski definition) is 1. The maximum absolute atomic E-state index is 13.2. The molecule has 0 fully saturated rings. The van der Waals surface area contributed by atoms with Crippen molar-refractivity contribution in [1.82, 2.24) is 4.98 Å². The molecule has 0 aliphatic rings. The number of carbonyl (C=O) groups is 1. The van der Waals surface area contributed by atoms with Gasteiger partial charge >= 0.3 is 0 Å². The first kappa shape index (κ1) is 21.0. The molecule has 1 amide bonds. The Hall–Kier alpha value is -3.28. The summed E-state index contributed by atoms with van der Waals surface area (Å²) in [5, 5.41) is 4.23. The fourth-order valence-corrected chi connectivity index (χ4v) is 3.64. The van der Waals surface area contributed by atoms with E-state index in [0.29, 0.717) is 39.0 Å². The number of pyridine rings is 1. The third-order valence-corrected chi connectivity index (χ3v) is 5.66. The molecule has 0 atom stereocenters. The van der Waals surface area contributed by atoms with Gasteiger partial charge in [-0.25, -0.2) is 4.98 Å². The van der Waals surface area contributed by atoms with Crippen LogP contribution in [0.3, 0.4) is 0 Å². The topological polar surface area (TPSA) is 60.5 Å². The van der Waals surface area contributed by atoms with Crippen molar-refractivity contribution in [2.45, 2.75) is 0 Å². The van der Waals surface area contributed by atoms with Gasteiger partial charge in [-0.15, -0.1) is 0 Å². The first-order valence-electron chi connectivity index (χ1n) is 9.39. The number of aromatic nitrogens is 1. The van der Waals surface area contributed by atoms with Gasteiger partial charge in [-0.05, 0) is 42.5 Å². The second kappa shape index (κ2) is 8.84. The van der Waals surface area contributed by atoms with Crippen LogP contribution < -0.4 is 14.8 Å². The van der Waals surface area contributed by atoms with E-state index < -0.39 is 0 Å². The summed E-state index contributed by atoms with van der Waals surface area (Å²) in [6.45, 7) is 0. The third kappa shape index (κ3) is 4.15. The van der Waals surface area contributed by atoms with Crippen LogP contribution in [-0.2, 0) is 0 Å². The van der Waals surface area contributed by atoms with Crippen molar-refractivity contribution in [2.75, 3.05) is 19.5 Å². The number of nitrogens with one attached hydrogen (secondary N) is 1. The number of ether oxygens (including phenoxy) is 2. The lowest BCUT2D eigenvalue weighted by molar-refractivity contribution is 0.102. The van der Waals surface area contributed by atoms with E-state index in [1.807, 2.05) is 36.4 Å². The van der Waals surface area contributed by atoms with Gasteiger partial charge in [0.1, 0.15) is 0 Å². The van der Waals surface area contributed by atoms with Gasteiger partial charge in [0.15, 0.2) is 11.5 Å². The molecule has 4 rings (SSSR count). The first-order chi connectivity index (χ1) is 15.0. The number of anilines is 1. The third-order valence-electron chi connectivity index (χ3n) is 4.84. The minimum atomic E-state index is -0.315. The van der Waals surface area contributed by atoms with E-state index in [-0.39, 0.29) is 10.9 Å². The minimum absolute atomic E-state index is 0.288. The maximum atomic E-state index is 13.2. The zero-order valence-electron chi connectivity index (χ0n) is 16.8. The number of halogens is 2. The van der Waals surface area contributed by atoms with E-state index in [0.717, 1.165) is 10.9 Å². The number of benzene rings is 3. The van der Waals surface area contributed by atoms with Gasteiger partial charge in [0.25, 0.3) is 5.91 Å². The smallest absolute Gasteiger partial charge is 0.256 e. The molecule has 7 heteroatoms. The van der Waals surface area contributed by atoms with E-state index in [1.165, 1.54) is 0 Å². The van der Waals surface area contributed by atoms with Gasteiger partial charge in [-0.2, -0.15) is 0 Å². The number of methoxy groups -OCH3 is 2. The molecule has 0 saturated heterocycles. The van der Waals surface area contributed by atoms with Crippen LogP contribution in [0, 0.1) is 0 Å². The summed E-state index contributed by atoms with van der Waals surface area (Å²) in [5.41, 5.74) is 3.01. The van der Waals surface area contributed by atoms with Crippen molar-refractivity contribution >= 4 is 45.7 Å². The first-order valence-corrected chi connectivity index (χ1v) is 10.1.